The van der Waals surface area contributed by atoms with Crippen molar-refractivity contribution in [1.29, 1.82) is 0 Å². The van der Waals surface area contributed by atoms with Crippen molar-refractivity contribution >= 4 is 11.6 Å². The molecule has 8 heteroatoms. The Bertz CT molecular complexity index is 450. The second kappa shape index (κ2) is 7.91. The molecular formula is C13H19NO7. The maximum Gasteiger partial charge on any atom is 0.256 e. The van der Waals surface area contributed by atoms with Gasteiger partial charge in [-0.25, -0.2) is 0 Å². The average Bonchev–Trinajstić information content (AvgIpc) is 2.52. The van der Waals surface area contributed by atoms with Gasteiger partial charge < -0.3 is 35.6 Å². The fraction of sp³-hybridized carbons (Fsp3) is 0.462. The number of aliphatic hydroxyl groups is 5. The Hall–Kier alpha value is -1.71. The number of carbonyl (C=O) groups is 1. The number of rotatable bonds is 7. The minimum absolute atomic E-state index is 0.351. The summed E-state index contributed by atoms with van der Waals surface area (Å²) in [5, 5.41) is 48.7. The Morgan fingerprint density at radius 3 is 2.19 bits per heavy atom. The van der Waals surface area contributed by atoms with Crippen LogP contribution in [-0.4, -0.2) is 69.6 Å². The van der Waals surface area contributed by atoms with Crippen LogP contribution in [0.15, 0.2) is 24.3 Å². The smallest absolute Gasteiger partial charge is 0.256 e. The number of hydrogen-bond acceptors (Lipinski definition) is 7. The molecule has 8 nitrogen and oxygen atoms in total. The molecule has 0 unspecified atom stereocenters. The van der Waals surface area contributed by atoms with Crippen LogP contribution in [0.5, 0.6) is 5.75 Å². The first-order chi connectivity index (χ1) is 9.90. The van der Waals surface area contributed by atoms with E-state index in [9.17, 15) is 20.1 Å². The van der Waals surface area contributed by atoms with Gasteiger partial charge in [-0.2, -0.15) is 0 Å². The molecule has 1 aromatic rings. The zero-order chi connectivity index (χ0) is 16.0. The molecule has 0 aliphatic heterocycles. The first-order valence-corrected chi connectivity index (χ1v) is 6.18. The van der Waals surface area contributed by atoms with Gasteiger partial charge in [-0.05, 0) is 24.3 Å². The van der Waals surface area contributed by atoms with Gasteiger partial charge in [-0.1, -0.05) is 0 Å². The van der Waals surface area contributed by atoms with Crippen molar-refractivity contribution in [3.63, 3.8) is 0 Å². The van der Waals surface area contributed by atoms with Crippen LogP contribution in [0.4, 0.5) is 5.69 Å². The molecule has 0 aromatic heterocycles. The third-order valence-corrected chi connectivity index (χ3v) is 2.88. The van der Waals surface area contributed by atoms with Crippen molar-refractivity contribution in [3.05, 3.63) is 24.3 Å². The molecule has 4 atom stereocenters. The molecule has 0 aliphatic rings. The molecule has 21 heavy (non-hydrogen) atoms. The lowest BCUT2D eigenvalue weighted by molar-refractivity contribution is -0.144. The number of benzene rings is 1. The Balaban J connectivity index is 2.64. The Morgan fingerprint density at radius 1 is 1.14 bits per heavy atom. The number of aliphatic hydroxyl groups excluding tert-OH is 5. The lowest BCUT2D eigenvalue weighted by Crippen LogP contribution is -2.50. The molecule has 1 rings (SSSR count). The summed E-state index contributed by atoms with van der Waals surface area (Å²) >= 11 is 0. The van der Waals surface area contributed by atoms with Crippen LogP contribution in [0, 0.1) is 0 Å². The number of nitrogens with one attached hydrogen (secondary N) is 1. The molecule has 118 valence electrons. The summed E-state index contributed by atoms with van der Waals surface area (Å²) in [4.78, 5) is 11.7. The molecule has 0 radical (unpaired) electrons. The van der Waals surface area contributed by atoms with Crippen LogP contribution in [0.25, 0.3) is 0 Å². The van der Waals surface area contributed by atoms with Crippen molar-refractivity contribution in [2.75, 3.05) is 19.0 Å². The number of ether oxygens (including phenoxy) is 1. The highest BCUT2D eigenvalue weighted by Crippen LogP contribution is 2.16. The average molecular weight is 301 g/mol. The zero-order valence-corrected chi connectivity index (χ0v) is 11.4. The van der Waals surface area contributed by atoms with Gasteiger partial charge in [0.05, 0.1) is 13.7 Å². The number of methoxy groups -OCH3 is 1. The first-order valence-electron chi connectivity index (χ1n) is 6.18. The summed E-state index contributed by atoms with van der Waals surface area (Å²) < 4.78 is 4.94. The van der Waals surface area contributed by atoms with E-state index in [1.807, 2.05) is 0 Å². The maximum absolute atomic E-state index is 11.7. The topological polar surface area (TPSA) is 139 Å². The molecule has 0 aliphatic carbocycles. The predicted octanol–water partition coefficient (Wildman–Crippen LogP) is -1.93. The second-order valence-electron chi connectivity index (χ2n) is 4.39. The summed E-state index contributed by atoms with van der Waals surface area (Å²) in [6.45, 7) is -0.814. The van der Waals surface area contributed by atoms with Gasteiger partial charge in [-0.3, -0.25) is 4.79 Å². The van der Waals surface area contributed by atoms with Crippen molar-refractivity contribution in [2.24, 2.45) is 0 Å². The molecule has 0 bridgehead atoms. The van der Waals surface area contributed by atoms with E-state index >= 15 is 0 Å². The lowest BCUT2D eigenvalue weighted by Gasteiger charge is -2.24. The van der Waals surface area contributed by atoms with Crippen LogP contribution in [-0.2, 0) is 4.79 Å². The molecule has 0 saturated heterocycles. The largest absolute Gasteiger partial charge is 0.497 e. The van der Waals surface area contributed by atoms with Crippen molar-refractivity contribution in [3.8, 4) is 5.75 Å². The highest BCUT2D eigenvalue weighted by Gasteiger charge is 2.34. The number of anilines is 1. The quantitative estimate of drug-likeness (QED) is 0.345. The van der Waals surface area contributed by atoms with Crippen LogP contribution in [0.1, 0.15) is 0 Å². The number of hydrogen-bond donors (Lipinski definition) is 6. The maximum atomic E-state index is 11.7. The van der Waals surface area contributed by atoms with E-state index in [4.69, 9.17) is 14.9 Å². The van der Waals surface area contributed by atoms with Gasteiger partial charge in [0.25, 0.3) is 5.91 Å². The number of carbonyl (C=O) groups excluding carboxylic acids is 1. The summed E-state index contributed by atoms with van der Waals surface area (Å²) in [5.74, 6) is -0.382. The fourth-order valence-electron chi connectivity index (χ4n) is 1.57. The molecule has 6 N–H and O–H groups in total. The zero-order valence-electron chi connectivity index (χ0n) is 11.4. The Morgan fingerprint density at radius 2 is 1.71 bits per heavy atom. The van der Waals surface area contributed by atoms with Crippen LogP contribution >= 0.6 is 0 Å². The first kappa shape index (κ1) is 17.3. The van der Waals surface area contributed by atoms with Gasteiger partial charge in [0.1, 0.15) is 24.1 Å². The van der Waals surface area contributed by atoms with E-state index in [0.29, 0.717) is 11.4 Å². The fourth-order valence-corrected chi connectivity index (χ4v) is 1.57. The molecule has 0 heterocycles. The molecule has 0 fully saturated rings. The third kappa shape index (κ3) is 4.66. The molecule has 0 saturated carbocycles. The minimum atomic E-state index is -1.97. The Kier molecular flexibility index (Phi) is 6.53. The van der Waals surface area contributed by atoms with Gasteiger partial charge in [0, 0.05) is 5.69 Å². The lowest BCUT2D eigenvalue weighted by atomic mass is 10.0. The monoisotopic (exact) mass is 301 g/mol. The highest BCUT2D eigenvalue weighted by atomic mass is 16.5. The Labute approximate surface area is 121 Å². The van der Waals surface area contributed by atoms with Crippen LogP contribution < -0.4 is 10.1 Å². The number of amides is 1. The summed E-state index contributed by atoms with van der Waals surface area (Å²) in [6.07, 6.45) is -7.43. The van der Waals surface area contributed by atoms with E-state index < -0.39 is 36.9 Å². The van der Waals surface area contributed by atoms with Gasteiger partial charge in [0.15, 0.2) is 6.10 Å². The van der Waals surface area contributed by atoms with Crippen LogP contribution in [0.3, 0.4) is 0 Å². The van der Waals surface area contributed by atoms with E-state index in [-0.39, 0.29) is 0 Å². The van der Waals surface area contributed by atoms with Gasteiger partial charge in [-0.15, -0.1) is 0 Å². The summed E-state index contributed by atoms with van der Waals surface area (Å²) in [7, 11) is 1.49. The van der Waals surface area contributed by atoms with Gasteiger partial charge >= 0.3 is 0 Å². The van der Waals surface area contributed by atoms with Crippen LogP contribution in [0.2, 0.25) is 0 Å². The highest BCUT2D eigenvalue weighted by molar-refractivity contribution is 5.94. The van der Waals surface area contributed by atoms with E-state index in [1.165, 1.54) is 19.2 Å². The predicted molar refractivity (Wildman–Crippen MR) is 72.7 cm³/mol. The standard InChI is InChI=1S/C13H19NO7/c1-21-8-4-2-7(3-5-8)14-13(20)12(19)11(18)10(17)9(16)6-15/h2-5,9-12,15-19H,6H2,1H3,(H,14,20)/t9-,10-,11+,12-/m1/s1. The third-order valence-electron chi connectivity index (χ3n) is 2.88. The molecular weight excluding hydrogens is 282 g/mol. The summed E-state index contributed by atoms with van der Waals surface area (Å²) in [5.41, 5.74) is 0.351. The molecule has 1 aromatic carbocycles. The van der Waals surface area contributed by atoms with Crippen molar-refractivity contribution in [2.45, 2.75) is 24.4 Å². The molecule has 1 amide bonds. The van der Waals surface area contributed by atoms with E-state index in [1.54, 1.807) is 12.1 Å². The summed E-state index contributed by atoms with van der Waals surface area (Å²) in [6, 6.07) is 6.22. The second-order valence-corrected chi connectivity index (χ2v) is 4.39. The SMILES string of the molecule is COc1ccc(NC(=O)[C@H](O)[C@@H](O)[C@H](O)[C@H](O)CO)cc1. The van der Waals surface area contributed by atoms with Crippen molar-refractivity contribution in [1.82, 2.24) is 0 Å². The van der Waals surface area contributed by atoms with Gasteiger partial charge in [0.2, 0.25) is 0 Å². The van der Waals surface area contributed by atoms with Crippen molar-refractivity contribution < 1.29 is 35.1 Å². The van der Waals surface area contributed by atoms with E-state index in [2.05, 4.69) is 5.32 Å². The molecule has 0 spiro atoms. The minimum Gasteiger partial charge on any atom is -0.497 e. The van der Waals surface area contributed by atoms with E-state index in [0.717, 1.165) is 0 Å². The normalized spacial score (nSPS) is 16.7.